The number of nitrogens with one attached hydrogen (secondary N) is 1. The van der Waals surface area contributed by atoms with Crippen molar-refractivity contribution >= 4 is 27.0 Å². The number of hydrogen-bond donors (Lipinski definition) is 1. The van der Waals surface area contributed by atoms with E-state index in [2.05, 4.69) is 10.2 Å². The fraction of sp³-hybridized carbons (Fsp3) is 0.107. The number of hydrogen-bond acceptors (Lipinski definition) is 5. The number of aromatic amines is 1. The van der Waals surface area contributed by atoms with Crippen LogP contribution in [0.2, 0.25) is 0 Å². The highest BCUT2D eigenvalue weighted by Crippen LogP contribution is 2.38. The summed E-state index contributed by atoms with van der Waals surface area (Å²) in [5, 5.41) is 7.04. The Labute approximate surface area is 218 Å². The fourth-order valence-corrected chi connectivity index (χ4v) is 5.38. The molecule has 0 aliphatic carbocycles. The molecule has 5 rings (SSSR count). The zero-order valence-electron chi connectivity index (χ0n) is 20.5. The van der Waals surface area contributed by atoms with Crippen LogP contribution < -0.4 is 4.74 Å². The first-order valence-electron chi connectivity index (χ1n) is 11.7. The van der Waals surface area contributed by atoms with Gasteiger partial charge in [-0.2, -0.15) is 5.10 Å². The number of nitrogens with zero attached hydrogens (tertiary/aromatic N) is 2. The van der Waals surface area contributed by atoms with E-state index in [1.54, 1.807) is 37.4 Å². The van der Waals surface area contributed by atoms with Crippen molar-refractivity contribution in [2.45, 2.75) is 18.7 Å². The van der Waals surface area contributed by atoms with Crippen molar-refractivity contribution in [3.63, 3.8) is 0 Å². The second-order valence-electron chi connectivity index (χ2n) is 8.42. The number of H-pyrrole nitrogens is 1. The van der Waals surface area contributed by atoms with Crippen molar-refractivity contribution in [1.29, 1.82) is 0 Å². The van der Waals surface area contributed by atoms with Crippen LogP contribution in [-0.2, 0) is 14.8 Å². The van der Waals surface area contributed by atoms with E-state index in [-0.39, 0.29) is 33.0 Å². The van der Waals surface area contributed by atoms with Gasteiger partial charge in [-0.3, -0.25) is 5.10 Å². The normalized spacial score (nSPS) is 11.9. The van der Waals surface area contributed by atoms with Crippen LogP contribution in [-0.4, -0.2) is 29.2 Å². The third-order valence-corrected chi connectivity index (χ3v) is 7.62. The first-order chi connectivity index (χ1) is 18.3. The molecule has 0 spiro atoms. The Morgan fingerprint density at radius 2 is 1.82 bits per heavy atom. The Kier molecular flexibility index (Phi) is 6.73. The molecular formula is C28H23F2N3O4S. The number of ether oxygens (including phenoxy) is 2. The molecule has 7 nitrogen and oxygen atoms in total. The van der Waals surface area contributed by atoms with Crippen molar-refractivity contribution in [3.05, 3.63) is 102 Å². The van der Waals surface area contributed by atoms with E-state index in [1.807, 2.05) is 6.92 Å². The van der Waals surface area contributed by atoms with Gasteiger partial charge in [-0.25, -0.2) is 21.2 Å². The molecule has 0 atom stereocenters. The van der Waals surface area contributed by atoms with Crippen LogP contribution in [0.3, 0.4) is 0 Å². The van der Waals surface area contributed by atoms with Gasteiger partial charge in [-0.1, -0.05) is 17.7 Å². The molecular weight excluding hydrogens is 512 g/mol. The minimum atomic E-state index is -4.00. The summed E-state index contributed by atoms with van der Waals surface area (Å²) in [5.41, 5.74) is 1.83. The number of fused-ring (bicyclic) bond motifs is 1. The molecule has 0 unspecified atom stereocenters. The van der Waals surface area contributed by atoms with Crippen LogP contribution in [0.5, 0.6) is 11.5 Å². The maximum atomic E-state index is 15.6. The zero-order valence-corrected chi connectivity index (χ0v) is 21.3. The van der Waals surface area contributed by atoms with Gasteiger partial charge < -0.3 is 9.47 Å². The number of aryl methyl sites for hydroxylation is 1. The Bertz CT molecular complexity index is 1740. The Hall–Kier alpha value is -4.44. The van der Waals surface area contributed by atoms with Crippen molar-refractivity contribution in [3.8, 4) is 22.8 Å². The molecule has 0 bridgehead atoms. The van der Waals surface area contributed by atoms with Crippen molar-refractivity contribution in [1.82, 2.24) is 14.2 Å². The van der Waals surface area contributed by atoms with Gasteiger partial charge in [-0.15, -0.1) is 0 Å². The summed E-state index contributed by atoms with van der Waals surface area (Å²) in [4.78, 5) is 0.0740. The van der Waals surface area contributed by atoms with E-state index < -0.39 is 21.7 Å². The summed E-state index contributed by atoms with van der Waals surface area (Å²) in [5.74, 6) is -1.33. The summed E-state index contributed by atoms with van der Waals surface area (Å²) in [6.07, 6.45) is 5.81. The summed E-state index contributed by atoms with van der Waals surface area (Å²) in [7, 11) is -4.00. The molecule has 3 aromatic carbocycles. The SMILES string of the molecule is CCO/C=C/c1c(Oc2ccc(F)c(-c3cc[nH]n3)c2)c(F)cc2c1ccn2S(=O)(=O)c1ccc(C)cc1. The maximum Gasteiger partial charge on any atom is 0.268 e. The lowest BCUT2D eigenvalue weighted by atomic mass is 10.1. The number of aromatic nitrogens is 3. The lowest BCUT2D eigenvalue weighted by molar-refractivity contribution is 0.272. The van der Waals surface area contributed by atoms with E-state index in [9.17, 15) is 12.8 Å². The average Bonchev–Trinajstić information content (AvgIpc) is 3.58. The molecule has 0 radical (unpaired) electrons. The molecule has 2 aromatic heterocycles. The Morgan fingerprint density at radius 1 is 1.03 bits per heavy atom. The van der Waals surface area contributed by atoms with Crippen LogP contribution in [0.25, 0.3) is 28.2 Å². The summed E-state index contributed by atoms with van der Waals surface area (Å²) >= 11 is 0. The lowest BCUT2D eigenvalue weighted by Gasteiger charge is -2.14. The minimum absolute atomic E-state index is 0.0740. The quantitative estimate of drug-likeness (QED) is 0.225. The van der Waals surface area contributed by atoms with Crippen molar-refractivity contribution < 1.29 is 26.7 Å². The van der Waals surface area contributed by atoms with Gasteiger partial charge in [0.15, 0.2) is 11.6 Å². The molecule has 0 saturated carbocycles. The Balaban J connectivity index is 1.64. The van der Waals surface area contributed by atoms with E-state index in [0.717, 1.165) is 15.6 Å². The van der Waals surface area contributed by atoms with Gasteiger partial charge in [0.05, 0.1) is 29.0 Å². The first kappa shape index (κ1) is 25.2. The topological polar surface area (TPSA) is 86.2 Å². The molecule has 2 heterocycles. The standard InChI is InChI=1S/C28H23F2N3O4S/c1-3-36-15-12-22-21-11-14-33(38(34,35)20-7-4-18(2)5-8-20)27(21)17-25(30)28(22)37-19-6-9-24(29)23(16-19)26-10-13-31-32-26/h4-17H,3H2,1-2H3,(H,31,32)/b15-12+. The van der Waals surface area contributed by atoms with Crippen molar-refractivity contribution in [2.24, 2.45) is 0 Å². The van der Waals surface area contributed by atoms with E-state index in [4.69, 9.17) is 9.47 Å². The monoisotopic (exact) mass is 535 g/mol. The molecule has 194 valence electrons. The minimum Gasteiger partial charge on any atom is -0.501 e. The second-order valence-corrected chi connectivity index (χ2v) is 10.2. The fourth-order valence-electron chi connectivity index (χ4n) is 4.04. The summed E-state index contributed by atoms with van der Waals surface area (Å²) in [6.45, 7) is 4.02. The van der Waals surface area contributed by atoms with Gasteiger partial charge >= 0.3 is 0 Å². The predicted molar refractivity (Wildman–Crippen MR) is 140 cm³/mol. The summed E-state index contributed by atoms with van der Waals surface area (Å²) in [6, 6.07) is 14.7. The first-order valence-corrected chi connectivity index (χ1v) is 13.1. The predicted octanol–water partition coefficient (Wildman–Crippen LogP) is 6.65. The largest absolute Gasteiger partial charge is 0.501 e. The highest BCUT2D eigenvalue weighted by atomic mass is 32.2. The van der Waals surface area contributed by atoms with Gasteiger partial charge in [0.25, 0.3) is 10.0 Å². The molecule has 38 heavy (non-hydrogen) atoms. The molecule has 10 heteroatoms. The van der Waals surface area contributed by atoms with Crippen LogP contribution >= 0.6 is 0 Å². The molecule has 0 aliphatic rings. The van der Waals surface area contributed by atoms with Crippen molar-refractivity contribution in [2.75, 3.05) is 6.61 Å². The molecule has 5 aromatic rings. The molecule has 0 aliphatic heterocycles. The van der Waals surface area contributed by atoms with Gasteiger partial charge in [0.1, 0.15) is 11.6 Å². The van der Waals surface area contributed by atoms with Gasteiger partial charge in [0.2, 0.25) is 0 Å². The average molecular weight is 536 g/mol. The third-order valence-electron chi connectivity index (χ3n) is 5.91. The zero-order chi connectivity index (χ0) is 26.9. The number of halogens is 2. The summed E-state index contributed by atoms with van der Waals surface area (Å²) < 4.78 is 69.1. The molecule has 0 saturated heterocycles. The molecule has 1 N–H and O–H groups in total. The van der Waals surface area contributed by atoms with Gasteiger partial charge in [-0.05, 0) is 62.4 Å². The molecule has 0 amide bonds. The van der Waals surface area contributed by atoms with Gasteiger partial charge in [0, 0.05) is 35.0 Å². The maximum absolute atomic E-state index is 15.6. The molecule has 0 fully saturated rings. The van der Waals surface area contributed by atoms with Crippen LogP contribution in [0.15, 0.2) is 84.2 Å². The van der Waals surface area contributed by atoms with E-state index in [0.29, 0.717) is 17.7 Å². The van der Waals surface area contributed by atoms with Crippen LogP contribution in [0.4, 0.5) is 8.78 Å². The number of rotatable bonds is 8. The highest BCUT2D eigenvalue weighted by Gasteiger charge is 2.23. The Morgan fingerprint density at radius 3 is 2.53 bits per heavy atom. The lowest BCUT2D eigenvalue weighted by Crippen LogP contribution is -2.12. The van der Waals surface area contributed by atoms with Crippen LogP contribution in [0.1, 0.15) is 18.1 Å². The smallest absolute Gasteiger partial charge is 0.268 e. The van der Waals surface area contributed by atoms with E-state index >= 15 is 4.39 Å². The highest BCUT2D eigenvalue weighted by molar-refractivity contribution is 7.90. The second kappa shape index (κ2) is 10.1. The van der Waals surface area contributed by atoms with Crippen LogP contribution in [0, 0.1) is 18.6 Å². The third kappa shape index (κ3) is 4.66. The van der Waals surface area contributed by atoms with E-state index in [1.165, 1.54) is 48.9 Å². The number of benzene rings is 3.